The molecule has 2 heterocycles. The molecule has 0 aliphatic carbocycles. The van der Waals surface area contributed by atoms with E-state index in [0.29, 0.717) is 39.2 Å². The lowest BCUT2D eigenvalue weighted by Gasteiger charge is -2.13. The highest BCUT2D eigenvalue weighted by atomic mass is 32.1. The highest BCUT2D eigenvalue weighted by Gasteiger charge is 2.20. The van der Waals surface area contributed by atoms with E-state index in [4.69, 9.17) is 9.26 Å². The van der Waals surface area contributed by atoms with Crippen LogP contribution in [-0.4, -0.2) is 21.2 Å². The van der Waals surface area contributed by atoms with Gasteiger partial charge in [-0.1, -0.05) is 5.16 Å². The maximum atomic E-state index is 13.7. The van der Waals surface area contributed by atoms with Gasteiger partial charge in [0.1, 0.15) is 33.0 Å². The number of thiazole rings is 1. The third-order valence-corrected chi connectivity index (χ3v) is 6.07. The first-order valence-corrected chi connectivity index (χ1v) is 10.3. The van der Waals surface area contributed by atoms with E-state index in [1.807, 2.05) is 26.0 Å². The van der Waals surface area contributed by atoms with Crippen molar-refractivity contribution in [2.45, 2.75) is 27.7 Å². The molecule has 0 atom stereocenters. The molecule has 158 valence electrons. The molecule has 0 radical (unpaired) electrons. The number of carboxylic acid groups (broad SMARTS) is 1. The number of nitrogens with zero attached hydrogens (tertiary/aromatic N) is 2. The van der Waals surface area contributed by atoms with Crippen LogP contribution in [0.5, 0.6) is 11.5 Å². The minimum absolute atomic E-state index is 0.205. The van der Waals surface area contributed by atoms with E-state index < -0.39 is 5.97 Å². The Morgan fingerprint density at radius 1 is 1.10 bits per heavy atom. The Bertz CT molecular complexity index is 1290. The first-order chi connectivity index (χ1) is 14.7. The number of benzene rings is 2. The van der Waals surface area contributed by atoms with E-state index in [0.717, 1.165) is 28.0 Å². The van der Waals surface area contributed by atoms with Crippen molar-refractivity contribution in [3.63, 3.8) is 0 Å². The molecule has 6 nitrogen and oxygen atoms in total. The Morgan fingerprint density at radius 2 is 1.87 bits per heavy atom. The summed E-state index contributed by atoms with van der Waals surface area (Å²) in [6.07, 6.45) is 0. The molecule has 0 aliphatic heterocycles. The largest absolute Gasteiger partial charge is 0.477 e. The Morgan fingerprint density at radius 3 is 2.48 bits per heavy atom. The number of carboxylic acids is 1. The molecule has 0 aliphatic rings. The Balaban J connectivity index is 1.84. The number of rotatable bonds is 5. The first-order valence-electron chi connectivity index (χ1n) is 9.47. The lowest BCUT2D eigenvalue weighted by molar-refractivity contribution is 0.0701. The fraction of sp³-hybridized carbons (Fsp3) is 0.174. The number of aromatic carboxylic acids is 1. The van der Waals surface area contributed by atoms with Crippen LogP contribution in [0.4, 0.5) is 4.39 Å². The van der Waals surface area contributed by atoms with Crippen molar-refractivity contribution in [2.75, 3.05) is 0 Å². The van der Waals surface area contributed by atoms with Gasteiger partial charge in [-0.05, 0) is 69.7 Å². The van der Waals surface area contributed by atoms with E-state index in [9.17, 15) is 14.3 Å². The van der Waals surface area contributed by atoms with Crippen molar-refractivity contribution >= 4 is 17.3 Å². The predicted octanol–water partition coefficient (Wildman–Crippen LogP) is 6.33. The van der Waals surface area contributed by atoms with Crippen molar-refractivity contribution in [2.24, 2.45) is 0 Å². The summed E-state index contributed by atoms with van der Waals surface area (Å²) in [6.45, 7) is 6.99. The summed E-state index contributed by atoms with van der Waals surface area (Å²) >= 11 is 1.12. The zero-order chi connectivity index (χ0) is 22.3. The van der Waals surface area contributed by atoms with Crippen LogP contribution >= 0.6 is 11.3 Å². The maximum absolute atomic E-state index is 13.7. The maximum Gasteiger partial charge on any atom is 0.347 e. The van der Waals surface area contributed by atoms with Crippen molar-refractivity contribution in [1.82, 2.24) is 10.1 Å². The molecule has 4 aromatic rings. The first kappa shape index (κ1) is 20.7. The molecule has 0 saturated heterocycles. The standard InChI is InChI=1S/C23H19FN2O4S/c1-11-9-16(6-7-18(11)24)29-19-8-5-15(22-25-13(3)21(31-22)23(27)28)10-17(19)20-12(2)26-30-14(20)4/h5-10H,1-4H3,(H,27,28). The van der Waals surface area contributed by atoms with Gasteiger partial charge in [-0.15, -0.1) is 11.3 Å². The summed E-state index contributed by atoms with van der Waals surface area (Å²) in [7, 11) is 0. The van der Waals surface area contributed by atoms with Gasteiger partial charge in [-0.2, -0.15) is 0 Å². The topological polar surface area (TPSA) is 85.5 Å². The van der Waals surface area contributed by atoms with Crippen molar-refractivity contribution in [3.8, 4) is 33.2 Å². The van der Waals surface area contributed by atoms with Crippen LogP contribution < -0.4 is 4.74 Å². The summed E-state index contributed by atoms with van der Waals surface area (Å²) in [4.78, 5) is 16.0. The van der Waals surface area contributed by atoms with Crippen LogP contribution in [0.15, 0.2) is 40.9 Å². The fourth-order valence-electron chi connectivity index (χ4n) is 3.34. The Labute approximate surface area is 181 Å². The molecular weight excluding hydrogens is 419 g/mol. The average Bonchev–Trinajstić information content (AvgIpc) is 3.27. The molecule has 2 aromatic carbocycles. The summed E-state index contributed by atoms with van der Waals surface area (Å²) in [6, 6.07) is 10.0. The van der Waals surface area contributed by atoms with Crippen molar-refractivity contribution in [3.05, 3.63) is 69.8 Å². The highest BCUT2D eigenvalue weighted by Crippen LogP contribution is 2.40. The second kappa shape index (κ2) is 7.96. The predicted molar refractivity (Wildman–Crippen MR) is 115 cm³/mol. The van der Waals surface area contributed by atoms with Crippen LogP contribution in [0.1, 0.15) is 32.4 Å². The molecule has 4 rings (SSSR count). The second-order valence-corrected chi connectivity index (χ2v) is 8.16. The SMILES string of the molecule is Cc1cc(Oc2ccc(-c3nc(C)c(C(=O)O)s3)cc2-c2c(C)noc2C)ccc1F. The smallest absolute Gasteiger partial charge is 0.347 e. The van der Waals surface area contributed by atoms with Gasteiger partial charge < -0.3 is 14.4 Å². The minimum atomic E-state index is -1.00. The quantitative estimate of drug-likeness (QED) is 0.392. The Kier molecular flexibility index (Phi) is 5.32. The van der Waals surface area contributed by atoms with Gasteiger partial charge in [0.2, 0.25) is 0 Å². The van der Waals surface area contributed by atoms with Crippen LogP contribution in [-0.2, 0) is 0 Å². The van der Waals surface area contributed by atoms with Crippen LogP contribution in [0, 0.1) is 33.5 Å². The number of carbonyl (C=O) groups is 1. The molecule has 1 N–H and O–H groups in total. The lowest BCUT2D eigenvalue weighted by Crippen LogP contribution is -1.94. The van der Waals surface area contributed by atoms with Gasteiger partial charge in [-0.3, -0.25) is 0 Å². The molecule has 2 aromatic heterocycles. The highest BCUT2D eigenvalue weighted by molar-refractivity contribution is 7.17. The zero-order valence-electron chi connectivity index (χ0n) is 17.3. The van der Waals surface area contributed by atoms with E-state index in [1.54, 1.807) is 32.0 Å². The molecule has 0 bridgehead atoms. The van der Waals surface area contributed by atoms with E-state index in [-0.39, 0.29) is 10.7 Å². The molecule has 8 heteroatoms. The van der Waals surface area contributed by atoms with Gasteiger partial charge in [0.25, 0.3) is 0 Å². The average molecular weight is 438 g/mol. The van der Waals surface area contributed by atoms with Crippen molar-refractivity contribution < 1.29 is 23.6 Å². The minimum Gasteiger partial charge on any atom is -0.477 e. The monoisotopic (exact) mass is 438 g/mol. The van der Waals surface area contributed by atoms with E-state index >= 15 is 0 Å². The van der Waals surface area contributed by atoms with Gasteiger partial charge in [0.05, 0.1) is 17.0 Å². The number of aromatic nitrogens is 2. The normalized spacial score (nSPS) is 11.0. The van der Waals surface area contributed by atoms with E-state index in [1.165, 1.54) is 6.07 Å². The van der Waals surface area contributed by atoms with E-state index in [2.05, 4.69) is 10.1 Å². The lowest BCUT2D eigenvalue weighted by atomic mass is 10.0. The number of aryl methyl sites for hydroxylation is 4. The molecular formula is C23H19FN2O4S. The van der Waals surface area contributed by atoms with Gasteiger partial charge in [-0.25, -0.2) is 14.2 Å². The molecule has 31 heavy (non-hydrogen) atoms. The number of hydrogen-bond acceptors (Lipinski definition) is 6. The van der Waals surface area contributed by atoms with Crippen LogP contribution in [0.2, 0.25) is 0 Å². The second-order valence-electron chi connectivity index (χ2n) is 7.16. The molecule has 0 spiro atoms. The zero-order valence-corrected chi connectivity index (χ0v) is 18.1. The van der Waals surface area contributed by atoms with Gasteiger partial charge >= 0.3 is 5.97 Å². The number of hydrogen-bond donors (Lipinski definition) is 1. The molecule has 0 amide bonds. The number of halogens is 1. The van der Waals surface area contributed by atoms with Crippen molar-refractivity contribution in [1.29, 1.82) is 0 Å². The Hall–Kier alpha value is -3.52. The van der Waals surface area contributed by atoms with Crippen LogP contribution in [0.25, 0.3) is 21.7 Å². The summed E-state index contributed by atoms with van der Waals surface area (Å²) in [5.74, 6) is 0.353. The molecule has 0 fully saturated rings. The molecule has 0 unspecified atom stereocenters. The summed E-state index contributed by atoms with van der Waals surface area (Å²) in [5, 5.41) is 14.0. The molecule has 0 saturated carbocycles. The number of ether oxygens (including phenoxy) is 1. The van der Waals surface area contributed by atoms with Crippen LogP contribution in [0.3, 0.4) is 0 Å². The summed E-state index contributed by atoms with van der Waals surface area (Å²) in [5.41, 5.74) is 3.89. The fourth-order valence-corrected chi connectivity index (χ4v) is 4.24. The third-order valence-electron chi connectivity index (χ3n) is 4.88. The van der Waals surface area contributed by atoms with Gasteiger partial charge in [0, 0.05) is 11.1 Å². The summed E-state index contributed by atoms with van der Waals surface area (Å²) < 4.78 is 25.1. The third kappa shape index (κ3) is 3.94. The van der Waals surface area contributed by atoms with Gasteiger partial charge in [0.15, 0.2) is 0 Å².